The summed E-state index contributed by atoms with van der Waals surface area (Å²) in [6.07, 6.45) is 1.86. The van der Waals surface area contributed by atoms with Crippen LogP contribution in [0.4, 0.5) is 5.82 Å². The van der Waals surface area contributed by atoms with Gasteiger partial charge in [0.15, 0.2) is 0 Å². The number of aryl methyl sites for hydroxylation is 1. The smallest absolute Gasteiger partial charge is 0.128 e. The van der Waals surface area contributed by atoms with E-state index in [1.54, 1.807) is 0 Å². The van der Waals surface area contributed by atoms with E-state index >= 15 is 0 Å². The molecule has 0 aliphatic heterocycles. The highest BCUT2D eigenvalue weighted by atomic mass is 15.2. The minimum absolute atomic E-state index is 0.990. The summed E-state index contributed by atoms with van der Waals surface area (Å²) in [5, 5.41) is 3.29. The normalized spacial score (nSPS) is 10.2. The van der Waals surface area contributed by atoms with Gasteiger partial charge in [0.25, 0.3) is 0 Å². The Balaban J connectivity index is 2.47. The van der Waals surface area contributed by atoms with E-state index in [-0.39, 0.29) is 0 Å². The van der Waals surface area contributed by atoms with Gasteiger partial charge in [-0.25, -0.2) is 4.98 Å². The molecular weight excluding hydrogens is 174 g/mol. The number of hydrogen-bond acceptors (Lipinski definition) is 3. The van der Waals surface area contributed by atoms with E-state index in [0.717, 1.165) is 25.5 Å². The summed E-state index contributed by atoms with van der Waals surface area (Å²) in [6, 6.07) is 4.12. The van der Waals surface area contributed by atoms with Crippen LogP contribution in [0.2, 0.25) is 0 Å². The Hall–Kier alpha value is -1.09. The molecule has 0 fully saturated rings. The summed E-state index contributed by atoms with van der Waals surface area (Å²) in [5.74, 6) is 1.04. The van der Waals surface area contributed by atoms with Gasteiger partial charge < -0.3 is 10.2 Å². The van der Waals surface area contributed by atoms with Crippen LogP contribution in [0.15, 0.2) is 18.3 Å². The Morgan fingerprint density at radius 1 is 1.50 bits per heavy atom. The van der Waals surface area contributed by atoms with Crippen molar-refractivity contribution in [1.82, 2.24) is 10.3 Å². The largest absolute Gasteiger partial charge is 0.358 e. The zero-order chi connectivity index (χ0) is 10.4. The molecule has 14 heavy (non-hydrogen) atoms. The van der Waals surface area contributed by atoms with Crippen molar-refractivity contribution >= 4 is 5.82 Å². The number of aromatic nitrogens is 1. The third kappa shape index (κ3) is 3.34. The van der Waals surface area contributed by atoms with Crippen LogP contribution >= 0.6 is 0 Å². The number of rotatable bonds is 5. The molecule has 0 saturated heterocycles. The van der Waals surface area contributed by atoms with Crippen molar-refractivity contribution < 1.29 is 0 Å². The first-order chi connectivity index (χ1) is 6.74. The van der Waals surface area contributed by atoms with E-state index in [0.29, 0.717) is 0 Å². The predicted octanol–water partition coefficient (Wildman–Crippen LogP) is 1.44. The van der Waals surface area contributed by atoms with Crippen molar-refractivity contribution in [2.24, 2.45) is 0 Å². The fourth-order valence-electron chi connectivity index (χ4n) is 1.27. The molecule has 1 aromatic rings. The molecule has 1 heterocycles. The Kier molecular flexibility index (Phi) is 4.40. The molecule has 78 valence electrons. The fourth-order valence-corrected chi connectivity index (χ4v) is 1.27. The van der Waals surface area contributed by atoms with Crippen LogP contribution in [-0.4, -0.2) is 31.7 Å². The van der Waals surface area contributed by atoms with Crippen molar-refractivity contribution in [3.63, 3.8) is 0 Å². The molecule has 0 radical (unpaired) electrons. The van der Waals surface area contributed by atoms with Crippen LogP contribution in [0.5, 0.6) is 0 Å². The fraction of sp³-hybridized carbons (Fsp3) is 0.545. The third-order valence-corrected chi connectivity index (χ3v) is 2.17. The minimum Gasteiger partial charge on any atom is -0.358 e. The van der Waals surface area contributed by atoms with Crippen LogP contribution in [0.25, 0.3) is 0 Å². The molecule has 1 aromatic heterocycles. The van der Waals surface area contributed by atoms with Crippen molar-refractivity contribution in [3.05, 3.63) is 23.9 Å². The molecule has 0 unspecified atom stereocenters. The van der Waals surface area contributed by atoms with Gasteiger partial charge in [0, 0.05) is 26.3 Å². The van der Waals surface area contributed by atoms with Crippen molar-refractivity contribution in [1.29, 1.82) is 0 Å². The van der Waals surface area contributed by atoms with Crippen LogP contribution in [-0.2, 0) is 0 Å². The lowest BCUT2D eigenvalue weighted by atomic mass is 10.3. The van der Waals surface area contributed by atoms with E-state index in [1.165, 1.54) is 5.56 Å². The summed E-state index contributed by atoms with van der Waals surface area (Å²) in [4.78, 5) is 6.48. The molecule has 1 N–H and O–H groups in total. The lowest BCUT2D eigenvalue weighted by Gasteiger charge is -2.18. The number of nitrogens with zero attached hydrogens (tertiary/aromatic N) is 2. The Morgan fingerprint density at radius 2 is 2.29 bits per heavy atom. The van der Waals surface area contributed by atoms with Crippen molar-refractivity contribution in [2.45, 2.75) is 13.8 Å². The second-order valence-electron chi connectivity index (χ2n) is 3.47. The first-order valence-electron chi connectivity index (χ1n) is 5.08. The lowest BCUT2D eigenvalue weighted by molar-refractivity contribution is 0.702. The van der Waals surface area contributed by atoms with Gasteiger partial charge in [-0.1, -0.05) is 6.92 Å². The first-order valence-corrected chi connectivity index (χ1v) is 5.08. The molecule has 1 rings (SSSR count). The van der Waals surface area contributed by atoms with E-state index in [4.69, 9.17) is 0 Å². The van der Waals surface area contributed by atoms with Gasteiger partial charge in [-0.2, -0.15) is 0 Å². The molecule has 0 aliphatic rings. The summed E-state index contributed by atoms with van der Waals surface area (Å²) in [5.41, 5.74) is 1.25. The van der Waals surface area contributed by atoms with Crippen LogP contribution in [0, 0.1) is 6.92 Å². The standard InChI is InChI=1S/C11H19N3/c1-4-12-7-8-14(3)11-9-10(2)5-6-13-11/h5-6,9,12H,4,7-8H2,1-3H3. The first kappa shape index (κ1) is 11.0. The maximum Gasteiger partial charge on any atom is 0.128 e. The molecule has 0 aliphatic carbocycles. The van der Waals surface area contributed by atoms with Crippen LogP contribution in [0.3, 0.4) is 0 Å². The summed E-state index contributed by atoms with van der Waals surface area (Å²) < 4.78 is 0. The molecular formula is C11H19N3. The highest BCUT2D eigenvalue weighted by molar-refractivity contribution is 5.39. The van der Waals surface area contributed by atoms with Gasteiger partial charge in [0.1, 0.15) is 5.82 Å². The maximum atomic E-state index is 4.32. The van der Waals surface area contributed by atoms with Crippen LogP contribution in [0.1, 0.15) is 12.5 Å². The minimum atomic E-state index is 0.990. The summed E-state index contributed by atoms with van der Waals surface area (Å²) >= 11 is 0. The van der Waals surface area contributed by atoms with Gasteiger partial charge in [-0.05, 0) is 31.2 Å². The quantitative estimate of drug-likeness (QED) is 0.717. The monoisotopic (exact) mass is 193 g/mol. The molecule has 0 amide bonds. The van der Waals surface area contributed by atoms with Gasteiger partial charge in [0.2, 0.25) is 0 Å². The Morgan fingerprint density at radius 3 is 2.93 bits per heavy atom. The molecule has 0 saturated carbocycles. The lowest BCUT2D eigenvalue weighted by Crippen LogP contribution is -2.29. The van der Waals surface area contributed by atoms with Gasteiger partial charge >= 0.3 is 0 Å². The number of likely N-dealkylation sites (N-methyl/N-ethyl adjacent to an activating group) is 2. The molecule has 3 heteroatoms. The van der Waals surface area contributed by atoms with E-state index < -0.39 is 0 Å². The van der Waals surface area contributed by atoms with Gasteiger partial charge in [-0.15, -0.1) is 0 Å². The van der Waals surface area contributed by atoms with E-state index in [9.17, 15) is 0 Å². The highest BCUT2D eigenvalue weighted by Crippen LogP contribution is 2.09. The average Bonchev–Trinajstić information content (AvgIpc) is 2.18. The Bertz CT molecular complexity index is 273. The highest BCUT2D eigenvalue weighted by Gasteiger charge is 2.00. The third-order valence-electron chi connectivity index (χ3n) is 2.17. The number of hydrogen-bond donors (Lipinski definition) is 1. The topological polar surface area (TPSA) is 28.2 Å². The SMILES string of the molecule is CCNCCN(C)c1cc(C)ccn1. The molecule has 3 nitrogen and oxygen atoms in total. The molecule has 0 spiro atoms. The number of pyridine rings is 1. The zero-order valence-corrected chi connectivity index (χ0v) is 9.25. The van der Waals surface area contributed by atoms with Crippen molar-refractivity contribution in [3.8, 4) is 0 Å². The van der Waals surface area contributed by atoms with Gasteiger partial charge in [0.05, 0.1) is 0 Å². The predicted molar refractivity (Wildman–Crippen MR) is 60.8 cm³/mol. The molecule has 0 atom stereocenters. The maximum absolute atomic E-state index is 4.32. The molecule has 0 bridgehead atoms. The second kappa shape index (κ2) is 5.60. The Labute approximate surface area is 86.2 Å². The molecule has 0 aromatic carbocycles. The average molecular weight is 193 g/mol. The van der Waals surface area contributed by atoms with Crippen molar-refractivity contribution in [2.75, 3.05) is 31.6 Å². The van der Waals surface area contributed by atoms with E-state index in [1.807, 2.05) is 12.3 Å². The number of nitrogens with one attached hydrogen (secondary N) is 1. The van der Waals surface area contributed by atoms with E-state index in [2.05, 4.69) is 42.2 Å². The zero-order valence-electron chi connectivity index (χ0n) is 9.25. The number of anilines is 1. The summed E-state index contributed by atoms with van der Waals surface area (Å²) in [6.45, 7) is 7.22. The van der Waals surface area contributed by atoms with Gasteiger partial charge in [-0.3, -0.25) is 0 Å². The summed E-state index contributed by atoms with van der Waals surface area (Å²) in [7, 11) is 2.07. The second-order valence-corrected chi connectivity index (χ2v) is 3.47. The van der Waals surface area contributed by atoms with Crippen LogP contribution < -0.4 is 10.2 Å².